The maximum absolute atomic E-state index is 11.6. The van der Waals surface area contributed by atoms with Gasteiger partial charge in [-0.1, -0.05) is 12.1 Å². The summed E-state index contributed by atoms with van der Waals surface area (Å²) in [6.07, 6.45) is 2.68. The molecule has 21 heavy (non-hydrogen) atoms. The molecule has 1 aromatic carbocycles. The van der Waals surface area contributed by atoms with Crippen LogP contribution in [0.15, 0.2) is 30.3 Å². The van der Waals surface area contributed by atoms with Gasteiger partial charge in [0.25, 0.3) is 5.69 Å². The summed E-state index contributed by atoms with van der Waals surface area (Å²) in [6, 6.07) is 5.26. The van der Waals surface area contributed by atoms with E-state index in [9.17, 15) is 19.7 Å². The summed E-state index contributed by atoms with van der Waals surface area (Å²) >= 11 is 0. The number of likely N-dealkylation sites (N-methyl/N-ethyl adjacent to an activating group) is 1. The number of nitrogens with one attached hydrogen (secondary N) is 2. The second-order valence-corrected chi connectivity index (χ2v) is 4.31. The number of nitrogens with zero attached hydrogens (tertiary/aromatic N) is 1. The lowest BCUT2D eigenvalue weighted by molar-refractivity contribution is -0.384. The van der Waals surface area contributed by atoms with Crippen LogP contribution >= 0.6 is 0 Å². The molecule has 0 aliphatic rings. The highest BCUT2D eigenvalue weighted by Gasteiger charge is 2.12. The van der Waals surface area contributed by atoms with Crippen molar-refractivity contribution in [2.45, 2.75) is 19.9 Å². The predicted octanol–water partition coefficient (Wildman–Crippen LogP) is 1.25. The second-order valence-electron chi connectivity index (χ2n) is 4.31. The highest BCUT2D eigenvalue weighted by atomic mass is 16.6. The lowest BCUT2D eigenvalue weighted by Crippen LogP contribution is -2.44. The maximum Gasteiger partial charge on any atom is 0.270 e. The summed E-state index contributed by atoms with van der Waals surface area (Å²) in [5, 5.41) is 15.7. The van der Waals surface area contributed by atoms with Crippen LogP contribution in [0.3, 0.4) is 0 Å². The molecule has 0 spiro atoms. The Labute approximate surface area is 122 Å². The molecule has 0 aliphatic heterocycles. The molecule has 112 valence electrons. The van der Waals surface area contributed by atoms with Crippen LogP contribution < -0.4 is 10.6 Å². The fourth-order valence-electron chi connectivity index (χ4n) is 1.57. The van der Waals surface area contributed by atoms with Gasteiger partial charge in [0.05, 0.1) is 4.92 Å². The molecule has 7 heteroatoms. The summed E-state index contributed by atoms with van der Waals surface area (Å²) < 4.78 is 0. The Morgan fingerprint density at radius 3 is 2.76 bits per heavy atom. The van der Waals surface area contributed by atoms with Gasteiger partial charge in [-0.2, -0.15) is 0 Å². The van der Waals surface area contributed by atoms with Crippen molar-refractivity contribution in [2.24, 2.45) is 0 Å². The summed E-state index contributed by atoms with van der Waals surface area (Å²) in [6.45, 7) is 3.85. The molecule has 0 radical (unpaired) electrons. The Bertz CT molecular complexity index is 569. The first-order valence-electron chi connectivity index (χ1n) is 6.44. The van der Waals surface area contributed by atoms with Crippen molar-refractivity contribution in [1.82, 2.24) is 10.6 Å². The smallest absolute Gasteiger partial charge is 0.270 e. The predicted molar refractivity (Wildman–Crippen MR) is 78.4 cm³/mol. The highest BCUT2D eigenvalue weighted by molar-refractivity contribution is 5.95. The van der Waals surface area contributed by atoms with E-state index in [0.29, 0.717) is 12.1 Å². The Balaban J connectivity index is 2.64. The first kappa shape index (κ1) is 16.4. The van der Waals surface area contributed by atoms with Crippen molar-refractivity contribution in [3.05, 3.63) is 46.0 Å². The first-order valence-corrected chi connectivity index (χ1v) is 6.44. The van der Waals surface area contributed by atoms with Crippen LogP contribution in [0, 0.1) is 10.1 Å². The summed E-state index contributed by atoms with van der Waals surface area (Å²) in [4.78, 5) is 33.2. The van der Waals surface area contributed by atoms with E-state index in [1.165, 1.54) is 30.4 Å². The number of benzene rings is 1. The number of carbonyl (C=O) groups excluding carboxylic acids is 2. The van der Waals surface area contributed by atoms with Crippen molar-refractivity contribution >= 4 is 23.6 Å². The quantitative estimate of drug-likeness (QED) is 0.468. The molecular formula is C14H17N3O4. The average Bonchev–Trinajstić information content (AvgIpc) is 2.45. The van der Waals surface area contributed by atoms with E-state index >= 15 is 0 Å². The fraction of sp³-hybridized carbons (Fsp3) is 0.286. The van der Waals surface area contributed by atoms with E-state index < -0.39 is 16.9 Å². The average molecular weight is 291 g/mol. The Hall–Kier alpha value is -2.70. The van der Waals surface area contributed by atoms with Gasteiger partial charge in [-0.05, 0) is 25.5 Å². The van der Waals surface area contributed by atoms with Crippen molar-refractivity contribution in [3.63, 3.8) is 0 Å². The molecule has 0 heterocycles. The summed E-state index contributed by atoms with van der Waals surface area (Å²) in [5.41, 5.74) is 0.485. The van der Waals surface area contributed by atoms with Crippen LogP contribution in [0.5, 0.6) is 0 Å². The first-order chi connectivity index (χ1) is 9.93. The molecule has 1 atom stereocenters. The molecule has 0 aliphatic carbocycles. The standard InChI is InChI=1S/C14H17N3O4/c1-3-15-14(19)10(2)16-13(18)8-7-11-5-4-6-12(9-11)17(20)21/h4-10H,3H2,1-2H3,(H,15,19)(H,16,18)/b8-7+. The van der Waals surface area contributed by atoms with E-state index in [4.69, 9.17) is 0 Å². The van der Waals surface area contributed by atoms with Gasteiger partial charge >= 0.3 is 0 Å². The van der Waals surface area contributed by atoms with Gasteiger partial charge in [-0.25, -0.2) is 0 Å². The minimum Gasteiger partial charge on any atom is -0.355 e. The van der Waals surface area contributed by atoms with Crippen LogP contribution in [0.2, 0.25) is 0 Å². The third-order valence-electron chi connectivity index (χ3n) is 2.61. The number of nitro benzene ring substituents is 1. The van der Waals surface area contributed by atoms with Gasteiger partial charge in [-0.3, -0.25) is 19.7 Å². The van der Waals surface area contributed by atoms with Crippen LogP contribution in [0.4, 0.5) is 5.69 Å². The third-order valence-corrected chi connectivity index (χ3v) is 2.61. The number of hydrogen-bond donors (Lipinski definition) is 2. The van der Waals surface area contributed by atoms with E-state index in [-0.39, 0.29) is 11.6 Å². The molecule has 0 saturated carbocycles. The molecule has 0 saturated heterocycles. The molecule has 1 unspecified atom stereocenters. The van der Waals surface area contributed by atoms with E-state index in [1.807, 2.05) is 0 Å². The molecule has 7 nitrogen and oxygen atoms in total. The number of carbonyl (C=O) groups is 2. The van der Waals surface area contributed by atoms with Crippen LogP contribution in [-0.4, -0.2) is 29.3 Å². The Kier molecular flexibility index (Phi) is 6.06. The number of nitro groups is 1. The minimum atomic E-state index is -0.646. The molecule has 1 aromatic rings. The highest BCUT2D eigenvalue weighted by Crippen LogP contribution is 2.13. The lowest BCUT2D eigenvalue weighted by Gasteiger charge is -2.11. The monoisotopic (exact) mass is 291 g/mol. The molecule has 0 fully saturated rings. The van der Waals surface area contributed by atoms with E-state index in [0.717, 1.165) is 0 Å². The topological polar surface area (TPSA) is 101 Å². The molecule has 2 amide bonds. The normalized spacial score (nSPS) is 11.9. The second kappa shape index (κ2) is 7.78. The minimum absolute atomic E-state index is 0.0479. The van der Waals surface area contributed by atoms with Gasteiger partial charge < -0.3 is 10.6 Å². The zero-order chi connectivity index (χ0) is 15.8. The van der Waals surface area contributed by atoms with Crippen LogP contribution in [0.1, 0.15) is 19.4 Å². The van der Waals surface area contributed by atoms with Crippen LogP contribution in [-0.2, 0) is 9.59 Å². The van der Waals surface area contributed by atoms with Crippen LogP contribution in [0.25, 0.3) is 6.08 Å². The van der Waals surface area contributed by atoms with Gasteiger partial charge in [0.1, 0.15) is 6.04 Å². The van der Waals surface area contributed by atoms with Crippen molar-refractivity contribution in [3.8, 4) is 0 Å². The van der Waals surface area contributed by atoms with Gasteiger partial charge in [0, 0.05) is 24.8 Å². The maximum atomic E-state index is 11.6. The fourth-order valence-corrected chi connectivity index (χ4v) is 1.57. The molecule has 1 rings (SSSR count). The largest absolute Gasteiger partial charge is 0.355 e. The third kappa shape index (κ3) is 5.43. The van der Waals surface area contributed by atoms with Gasteiger partial charge in [0.15, 0.2) is 0 Å². The van der Waals surface area contributed by atoms with Crippen molar-refractivity contribution in [2.75, 3.05) is 6.54 Å². The SMILES string of the molecule is CCNC(=O)C(C)NC(=O)/C=C/c1cccc([N+](=O)[O-])c1. The zero-order valence-corrected chi connectivity index (χ0v) is 11.8. The van der Waals surface area contributed by atoms with Gasteiger partial charge in [-0.15, -0.1) is 0 Å². The molecule has 2 N–H and O–H groups in total. The number of hydrogen-bond acceptors (Lipinski definition) is 4. The lowest BCUT2D eigenvalue weighted by atomic mass is 10.2. The zero-order valence-electron chi connectivity index (χ0n) is 11.8. The van der Waals surface area contributed by atoms with E-state index in [2.05, 4.69) is 10.6 Å². The van der Waals surface area contributed by atoms with Gasteiger partial charge in [0.2, 0.25) is 11.8 Å². The number of rotatable bonds is 6. The van der Waals surface area contributed by atoms with Crippen molar-refractivity contribution < 1.29 is 14.5 Å². The van der Waals surface area contributed by atoms with Crippen molar-refractivity contribution in [1.29, 1.82) is 0 Å². The van der Waals surface area contributed by atoms with E-state index in [1.54, 1.807) is 19.9 Å². The molecule has 0 aromatic heterocycles. The summed E-state index contributed by atoms with van der Waals surface area (Å²) in [7, 11) is 0. The number of non-ortho nitro benzene ring substituents is 1. The number of amides is 2. The summed E-state index contributed by atoms with van der Waals surface area (Å²) in [5.74, 6) is -0.713. The Morgan fingerprint density at radius 2 is 2.14 bits per heavy atom. The Morgan fingerprint density at radius 1 is 1.43 bits per heavy atom. The molecular weight excluding hydrogens is 274 g/mol. The molecule has 0 bridgehead atoms.